The van der Waals surface area contributed by atoms with Crippen molar-refractivity contribution >= 4 is 34.9 Å². The summed E-state index contributed by atoms with van der Waals surface area (Å²) in [5.41, 5.74) is 7.79. The zero-order valence-corrected chi connectivity index (χ0v) is 18.8. The van der Waals surface area contributed by atoms with E-state index in [1.165, 1.54) is 5.69 Å². The minimum Gasteiger partial charge on any atom is -0.497 e. The second kappa shape index (κ2) is 9.88. The maximum absolute atomic E-state index is 6.11. The second-order valence-corrected chi connectivity index (χ2v) is 7.80. The molecule has 0 saturated carbocycles. The summed E-state index contributed by atoms with van der Waals surface area (Å²) in [6.07, 6.45) is 0. The first-order valence-electron chi connectivity index (χ1n) is 10.3. The standard InChI is InChI=1S/C22H26ClN7O2/c1-31-17-6-4-16(5-7-17)30-11-9-29(10-12-30)14-20-26-21(24)28-22(27-20)25-18-13-15(23)3-8-19(18)32-2/h3-8,13H,9-12,14H2,1-2H3,(H3,24,25,26,27,28). The van der Waals surface area contributed by atoms with Gasteiger partial charge < -0.3 is 25.4 Å². The normalized spacial score (nSPS) is 14.3. The highest BCUT2D eigenvalue weighted by Gasteiger charge is 2.19. The van der Waals surface area contributed by atoms with Crippen LogP contribution in [0.1, 0.15) is 5.82 Å². The SMILES string of the molecule is COc1ccc(N2CCN(Cc3nc(N)nc(Nc4cc(Cl)ccc4OC)n3)CC2)cc1. The van der Waals surface area contributed by atoms with Crippen molar-refractivity contribution in [3.8, 4) is 11.5 Å². The van der Waals surface area contributed by atoms with Crippen LogP contribution in [0.15, 0.2) is 42.5 Å². The van der Waals surface area contributed by atoms with Gasteiger partial charge in [0.25, 0.3) is 0 Å². The van der Waals surface area contributed by atoms with Gasteiger partial charge in [-0.2, -0.15) is 15.0 Å². The van der Waals surface area contributed by atoms with Crippen LogP contribution in [-0.4, -0.2) is 60.3 Å². The quantitative estimate of drug-likeness (QED) is 0.556. The molecule has 168 valence electrons. The minimum absolute atomic E-state index is 0.162. The van der Waals surface area contributed by atoms with E-state index in [0.717, 1.165) is 31.9 Å². The van der Waals surface area contributed by atoms with Crippen LogP contribution in [0.4, 0.5) is 23.3 Å². The smallest absolute Gasteiger partial charge is 0.232 e. The number of rotatable bonds is 7. The topological polar surface area (TPSA) is 102 Å². The molecule has 9 nitrogen and oxygen atoms in total. The number of hydrogen-bond acceptors (Lipinski definition) is 9. The molecule has 0 spiro atoms. The third-order valence-corrected chi connectivity index (χ3v) is 5.52. The average Bonchev–Trinajstić information content (AvgIpc) is 2.79. The molecule has 1 aliphatic heterocycles. The highest BCUT2D eigenvalue weighted by atomic mass is 35.5. The van der Waals surface area contributed by atoms with Crippen LogP contribution in [0, 0.1) is 0 Å². The molecular formula is C22H26ClN7O2. The third-order valence-electron chi connectivity index (χ3n) is 5.28. The molecule has 1 saturated heterocycles. The Labute approximate surface area is 192 Å². The molecule has 0 aliphatic carbocycles. The molecule has 0 atom stereocenters. The van der Waals surface area contributed by atoms with Crippen molar-refractivity contribution in [3.05, 3.63) is 53.3 Å². The van der Waals surface area contributed by atoms with Crippen molar-refractivity contribution in [1.82, 2.24) is 19.9 Å². The van der Waals surface area contributed by atoms with Crippen molar-refractivity contribution in [1.29, 1.82) is 0 Å². The van der Waals surface area contributed by atoms with E-state index in [-0.39, 0.29) is 5.95 Å². The summed E-state index contributed by atoms with van der Waals surface area (Å²) >= 11 is 6.11. The summed E-state index contributed by atoms with van der Waals surface area (Å²) in [4.78, 5) is 17.7. The zero-order valence-electron chi connectivity index (χ0n) is 18.1. The monoisotopic (exact) mass is 455 g/mol. The first-order valence-corrected chi connectivity index (χ1v) is 10.6. The van der Waals surface area contributed by atoms with E-state index in [1.54, 1.807) is 32.4 Å². The van der Waals surface area contributed by atoms with Crippen LogP contribution in [0.25, 0.3) is 0 Å². The largest absolute Gasteiger partial charge is 0.497 e. The number of hydrogen-bond donors (Lipinski definition) is 2. The number of anilines is 4. The number of nitrogens with zero attached hydrogens (tertiary/aromatic N) is 5. The van der Waals surface area contributed by atoms with Gasteiger partial charge in [0.15, 0.2) is 0 Å². The molecule has 1 aromatic heterocycles. The van der Waals surface area contributed by atoms with E-state index in [2.05, 4.69) is 42.2 Å². The molecular weight excluding hydrogens is 430 g/mol. The number of nitrogen functional groups attached to an aromatic ring is 1. The van der Waals surface area contributed by atoms with Crippen molar-refractivity contribution in [2.24, 2.45) is 0 Å². The molecule has 1 aliphatic rings. The third kappa shape index (κ3) is 5.30. The van der Waals surface area contributed by atoms with Gasteiger partial charge in [0, 0.05) is 36.9 Å². The number of piperazine rings is 1. The summed E-state index contributed by atoms with van der Waals surface area (Å²) in [5, 5.41) is 3.71. The van der Waals surface area contributed by atoms with E-state index in [1.807, 2.05) is 12.1 Å². The molecule has 10 heteroatoms. The number of nitrogens with one attached hydrogen (secondary N) is 1. The Balaban J connectivity index is 1.40. The Hall–Kier alpha value is -3.30. The number of methoxy groups -OCH3 is 2. The van der Waals surface area contributed by atoms with Crippen LogP contribution in [0.2, 0.25) is 5.02 Å². The fraction of sp³-hybridized carbons (Fsp3) is 0.318. The second-order valence-electron chi connectivity index (χ2n) is 7.36. The van der Waals surface area contributed by atoms with Crippen molar-refractivity contribution in [2.45, 2.75) is 6.54 Å². The molecule has 0 unspecified atom stereocenters. The number of halogens is 1. The van der Waals surface area contributed by atoms with Crippen LogP contribution in [-0.2, 0) is 6.54 Å². The molecule has 0 bridgehead atoms. The summed E-state index contributed by atoms with van der Waals surface area (Å²) < 4.78 is 10.6. The maximum Gasteiger partial charge on any atom is 0.232 e. The molecule has 32 heavy (non-hydrogen) atoms. The number of benzene rings is 2. The highest BCUT2D eigenvalue weighted by Crippen LogP contribution is 2.29. The van der Waals surface area contributed by atoms with Crippen LogP contribution < -0.4 is 25.4 Å². The summed E-state index contributed by atoms with van der Waals surface area (Å²) in [5.74, 6) is 2.61. The number of ether oxygens (including phenoxy) is 2. The molecule has 1 fully saturated rings. The van der Waals surface area contributed by atoms with Gasteiger partial charge >= 0.3 is 0 Å². The summed E-state index contributed by atoms with van der Waals surface area (Å²) in [7, 11) is 3.27. The van der Waals surface area contributed by atoms with Gasteiger partial charge in [-0.15, -0.1) is 0 Å². The molecule has 3 N–H and O–H groups in total. The van der Waals surface area contributed by atoms with Crippen molar-refractivity contribution in [3.63, 3.8) is 0 Å². The average molecular weight is 456 g/mol. The summed E-state index contributed by atoms with van der Waals surface area (Å²) in [6, 6.07) is 13.4. The predicted octanol–water partition coefficient (Wildman–Crippen LogP) is 3.19. The van der Waals surface area contributed by atoms with Gasteiger partial charge in [0.05, 0.1) is 26.5 Å². The lowest BCUT2D eigenvalue weighted by Crippen LogP contribution is -2.46. The molecule has 4 rings (SSSR count). The van der Waals surface area contributed by atoms with Gasteiger partial charge in [0.2, 0.25) is 11.9 Å². The first-order chi connectivity index (χ1) is 15.5. The van der Waals surface area contributed by atoms with Gasteiger partial charge in [-0.1, -0.05) is 11.6 Å². The summed E-state index contributed by atoms with van der Waals surface area (Å²) in [6.45, 7) is 4.20. The Kier molecular flexibility index (Phi) is 6.77. The molecule has 2 heterocycles. The van der Waals surface area contributed by atoms with E-state index < -0.39 is 0 Å². The fourth-order valence-corrected chi connectivity index (χ4v) is 3.79. The predicted molar refractivity (Wildman–Crippen MR) is 126 cm³/mol. The Morgan fingerprint density at radius 1 is 0.969 bits per heavy atom. The fourth-order valence-electron chi connectivity index (χ4n) is 3.62. The van der Waals surface area contributed by atoms with Gasteiger partial charge in [-0.3, -0.25) is 4.90 Å². The molecule has 2 aromatic carbocycles. The lowest BCUT2D eigenvalue weighted by Gasteiger charge is -2.35. The van der Waals surface area contributed by atoms with Crippen LogP contribution in [0.3, 0.4) is 0 Å². The maximum atomic E-state index is 6.11. The lowest BCUT2D eigenvalue weighted by molar-refractivity contribution is 0.244. The van der Waals surface area contributed by atoms with Crippen molar-refractivity contribution in [2.75, 3.05) is 56.3 Å². The lowest BCUT2D eigenvalue weighted by atomic mass is 10.2. The van der Waals surface area contributed by atoms with Gasteiger partial charge in [-0.25, -0.2) is 0 Å². The van der Waals surface area contributed by atoms with E-state index >= 15 is 0 Å². The van der Waals surface area contributed by atoms with Crippen molar-refractivity contribution < 1.29 is 9.47 Å². The molecule has 0 radical (unpaired) electrons. The van der Waals surface area contributed by atoms with Crippen LogP contribution >= 0.6 is 11.6 Å². The van der Waals surface area contributed by atoms with E-state index in [4.69, 9.17) is 26.8 Å². The van der Waals surface area contributed by atoms with Gasteiger partial charge in [-0.05, 0) is 42.5 Å². The Morgan fingerprint density at radius 3 is 2.41 bits per heavy atom. The number of nitrogens with two attached hydrogens (primary N) is 1. The zero-order chi connectivity index (χ0) is 22.5. The Morgan fingerprint density at radius 2 is 1.72 bits per heavy atom. The Bertz CT molecular complexity index is 1060. The molecule has 3 aromatic rings. The van der Waals surface area contributed by atoms with E-state index in [9.17, 15) is 0 Å². The minimum atomic E-state index is 0.162. The molecule has 0 amide bonds. The first kappa shape index (κ1) is 21.9. The van der Waals surface area contributed by atoms with Crippen LogP contribution in [0.5, 0.6) is 11.5 Å². The van der Waals surface area contributed by atoms with Gasteiger partial charge in [0.1, 0.15) is 17.3 Å². The van der Waals surface area contributed by atoms with E-state index in [0.29, 0.717) is 34.8 Å². The highest BCUT2D eigenvalue weighted by molar-refractivity contribution is 6.31. The number of aromatic nitrogens is 3.